The van der Waals surface area contributed by atoms with E-state index in [-0.39, 0.29) is 12.6 Å². The lowest BCUT2D eigenvalue weighted by molar-refractivity contribution is 0.175. The maximum Gasteiger partial charge on any atom is 0.137 e. The normalized spacial score (nSPS) is 19.4. The zero-order valence-corrected chi connectivity index (χ0v) is 19.3. The highest BCUT2D eigenvalue weighted by atomic mass is 16.3. The van der Waals surface area contributed by atoms with Crippen LogP contribution in [-0.4, -0.2) is 45.0 Å². The van der Waals surface area contributed by atoms with E-state index in [1.54, 1.807) is 23.9 Å². The third-order valence-electron chi connectivity index (χ3n) is 6.24. The summed E-state index contributed by atoms with van der Waals surface area (Å²) in [5.74, 6) is 0.532. The SMILES string of the molecule is C[C@H](O)c1nccn1[C@@H](/C=C/c1ccc(-c2ccc(N[C@H]3C[C@@H](NCC#N)C3)cc2)cc1)CO. The second-order valence-corrected chi connectivity index (χ2v) is 8.73. The minimum absolute atomic E-state index is 0.0804. The van der Waals surface area contributed by atoms with E-state index >= 15 is 0 Å². The van der Waals surface area contributed by atoms with Crippen molar-refractivity contribution in [3.8, 4) is 17.2 Å². The van der Waals surface area contributed by atoms with E-state index in [0.29, 0.717) is 24.5 Å². The average Bonchev–Trinajstić information content (AvgIpc) is 3.32. The van der Waals surface area contributed by atoms with Crippen molar-refractivity contribution in [2.45, 2.75) is 44.0 Å². The van der Waals surface area contributed by atoms with Gasteiger partial charge < -0.3 is 25.4 Å². The topological polar surface area (TPSA) is 106 Å². The standard InChI is InChI=1S/C27H31N5O2/c1-19(34)27-30-14-15-32(27)26(18-33)11-4-20-2-5-21(6-3-20)22-7-9-23(10-8-22)31-25-16-24(17-25)29-13-12-28/h2-11,14-15,19,24-26,29,31,33-34H,13,16-18H2,1H3/b11-4+/t19-,24-,25+,26-/m0/s1. The summed E-state index contributed by atoms with van der Waals surface area (Å²) in [7, 11) is 0. The Morgan fingerprint density at radius 2 is 1.79 bits per heavy atom. The minimum atomic E-state index is -0.699. The molecular weight excluding hydrogens is 426 g/mol. The van der Waals surface area contributed by atoms with Gasteiger partial charge in [-0.1, -0.05) is 48.6 Å². The molecule has 1 heterocycles. The Kier molecular flexibility index (Phi) is 7.76. The maximum atomic E-state index is 9.87. The van der Waals surface area contributed by atoms with Crippen molar-refractivity contribution in [2.75, 3.05) is 18.5 Å². The summed E-state index contributed by atoms with van der Waals surface area (Å²) in [6, 6.07) is 19.5. The first-order valence-electron chi connectivity index (χ1n) is 11.6. The molecule has 7 nitrogen and oxygen atoms in total. The number of anilines is 1. The molecule has 34 heavy (non-hydrogen) atoms. The van der Waals surface area contributed by atoms with Gasteiger partial charge in [0.15, 0.2) is 0 Å². The van der Waals surface area contributed by atoms with Crippen molar-refractivity contribution < 1.29 is 10.2 Å². The van der Waals surface area contributed by atoms with Crippen LogP contribution < -0.4 is 10.6 Å². The fraction of sp³-hybridized carbons (Fsp3) is 0.333. The molecule has 1 aliphatic rings. The van der Waals surface area contributed by atoms with Crippen molar-refractivity contribution in [2.24, 2.45) is 0 Å². The van der Waals surface area contributed by atoms with Crippen LogP contribution in [-0.2, 0) is 0 Å². The van der Waals surface area contributed by atoms with E-state index in [4.69, 9.17) is 5.26 Å². The van der Waals surface area contributed by atoms with Gasteiger partial charge in [-0.05, 0) is 48.6 Å². The van der Waals surface area contributed by atoms with Gasteiger partial charge in [0.2, 0.25) is 0 Å². The molecule has 0 bridgehead atoms. The van der Waals surface area contributed by atoms with Gasteiger partial charge in [0.05, 0.1) is 25.3 Å². The summed E-state index contributed by atoms with van der Waals surface area (Å²) in [6.45, 7) is 2.00. The highest BCUT2D eigenvalue weighted by Gasteiger charge is 2.28. The van der Waals surface area contributed by atoms with Gasteiger partial charge in [0.1, 0.15) is 11.9 Å². The summed E-state index contributed by atoms with van der Waals surface area (Å²) >= 11 is 0. The molecule has 1 saturated carbocycles. The number of benzene rings is 2. The lowest BCUT2D eigenvalue weighted by atomic mass is 9.86. The first-order valence-corrected chi connectivity index (χ1v) is 11.6. The van der Waals surface area contributed by atoms with E-state index in [9.17, 15) is 10.2 Å². The van der Waals surface area contributed by atoms with Gasteiger partial charge in [0.25, 0.3) is 0 Å². The fourth-order valence-electron chi connectivity index (χ4n) is 4.27. The monoisotopic (exact) mass is 457 g/mol. The molecule has 4 rings (SSSR count). The van der Waals surface area contributed by atoms with Gasteiger partial charge >= 0.3 is 0 Å². The van der Waals surface area contributed by atoms with Crippen molar-refractivity contribution in [1.82, 2.24) is 14.9 Å². The van der Waals surface area contributed by atoms with Crippen LogP contribution in [0.1, 0.15) is 43.3 Å². The van der Waals surface area contributed by atoms with E-state index in [0.717, 1.165) is 35.2 Å². The second-order valence-electron chi connectivity index (χ2n) is 8.73. The van der Waals surface area contributed by atoms with Gasteiger partial charge in [-0.2, -0.15) is 5.26 Å². The Hall–Kier alpha value is -3.44. The van der Waals surface area contributed by atoms with Gasteiger partial charge in [-0.15, -0.1) is 0 Å². The van der Waals surface area contributed by atoms with E-state index in [1.165, 1.54) is 0 Å². The van der Waals surface area contributed by atoms with Crippen molar-refractivity contribution >= 4 is 11.8 Å². The molecule has 0 radical (unpaired) electrons. The number of nitrogens with zero attached hydrogens (tertiary/aromatic N) is 3. The predicted octanol–water partition coefficient (Wildman–Crippen LogP) is 3.91. The molecule has 1 aromatic heterocycles. The third kappa shape index (κ3) is 5.72. The van der Waals surface area contributed by atoms with Crippen molar-refractivity contribution in [1.29, 1.82) is 5.26 Å². The third-order valence-corrected chi connectivity index (χ3v) is 6.24. The molecule has 4 N–H and O–H groups in total. The maximum absolute atomic E-state index is 9.87. The summed E-state index contributed by atoms with van der Waals surface area (Å²) in [4.78, 5) is 4.18. The van der Waals surface area contributed by atoms with Crippen molar-refractivity contribution in [3.63, 3.8) is 0 Å². The second kappa shape index (κ2) is 11.1. The van der Waals surface area contributed by atoms with Gasteiger partial charge in [-0.3, -0.25) is 0 Å². The number of nitrogens with one attached hydrogen (secondary N) is 2. The number of rotatable bonds is 10. The smallest absolute Gasteiger partial charge is 0.137 e. The number of nitriles is 1. The highest BCUT2D eigenvalue weighted by Crippen LogP contribution is 2.27. The largest absolute Gasteiger partial charge is 0.394 e. The predicted molar refractivity (Wildman–Crippen MR) is 134 cm³/mol. The lowest BCUT2D eigenvalue weighted by Gasteiger charge is -2.36. The number of aliphatic hydroxyl groups is 2. The Morgan fingerprint density at radius 1 is 1.12 bits per heavy atom. The quantitative estimate of drug-likeness (QED) is 0.344. The molecule has 1 aliphatic carbocycles. The molecular formula is C27H31N5O2. The Bertz CT molecular complexity index is 1120. The average molecular weight is 458 g/mol. The zero-order valence-electron chi connectivity index (χ0n) is 19.3. The lowest BCUT2D eigenvalue weighted by Crippen LogP contribution is -2.47. The highest BCUT2D eigenvalue weighted by molar-refractivity contribution is 5.68. The summed E-state index contributed by atoms with van der Waals surface area (Å²) in [5, 5.41) is 35.1. The summed E-state index contributed by atoms with van der Waals surface area (Å²) in [5.41, 5.74) is 4.43. The molecule has 0 amide bonds. The van der Waals surface area contributed by atoms with Crippen molar-refractivity contribution in [3.05, 3.63) is 78.4 Å². The van der Waals surface area contributed by atoms with Crippen LogP contribution in [0.2, 0.25) is 0 Å². The number of hydrogen-bond acceptors (Lipinski definition) is 6. The van der Waals surface area contributed by atoms with Gasteiger partial charge in [0, 0.05) is 30.2 Å². The Balaban J connectivity index is 1.34. The molecule has 2 atom stereocenters. The number of aliphatic hydroxyl groups excluding tert-OH is 2. The van der Waals surface area contributed by atoms with E-state index in [2.05, 4.69) is 70.2 Å². The van der Waals surface area contributed by atoms with E-state index in [1.807, 2.05) is 12.2 Å². The molecule has 7 heteroatoms. The molecule has 0 unspecified atom stereocenters. The molecule has 0 aliphatic heterocycles. The van der Waals surface area contributed by atoms with Crippen LogP contribution in [0.5, 0.6) is 0 Å². The number of aromatic nitrogens is 2. The van der Waals surface area contributed by atoms with Gasteiger partial charge in [-0.25, -0.2) is 4.98 Å². The van der Waals surface area contributed by atoms with Crippen LogP contribution in [0.4, 0.5) is 5.69 Å². The van der Waals surface area contributed by atoms with E-state index < -0.39 is 6.10 Å². The molecule has 176 valence electrons. The molecule has 3 aromatic rings. The molecule has 0 spiro atoms. The molecule has 2 aromatic carbocycles. The van der Waals surface area contributed by atoms with Crippen LogP contribution in [0.3, 0.4) is 0 Å². The fourth-order valence-corrected chi connectivity index (χ4v) is 4.27. The van der Waals surface area contributed by atoms with Crippen LogP contribution in [0.25, 0.3) is 17.2 Å². The Morgan fingerprint density at radius 3 is 2.41 bits per heavy atom. The van der Waals surface area contributed by atoms with Crippen LogP contribution in [0.15, 0.2) is 67.0 Å². The summed E-state index contributed by atoms with van der Waals surface area (Å²) in [6.07, 6.45) is 8.67. The zero-order chi connectivity index (χ0) is 23.9. The number of imidazole rings is 1. The first kappa shape index (κ1) is 23.7. The number of hydrogen-bond donors (Lipinski definition) is 4. The minimum Gasteiger partial charge on any atom is -0.394 e. The molecule has 0 saturated heterocycles. The van der Waals surface area contributed by atoms with Crippen LogP contribution in [0, 0.1) is 11.3 Å². The molecule has 1 fully saturated rings. The van der Waals surface area contributed by atoms with Crippen LogP contribution >= 0.6 is 0 Å². The summed E-state index contributed by atoms with van der Waals surface area (Å²) < 4.78 is 1.79. The Labute approximate surface area is 200 Å². The first-order chi connectivity index (χ1) is 16.6.